The number of carbonyl (C=O) groups is 1. The molecule has 1 aromatic heterocycles. The van der Waals surface area contributed by atoms with Gasteiger partial charge in [0, 0.05) is 4.88 Å². The third-order valence-electron chi connectivity index (χ3n) is 3.15. The van der Waals surface area contributed by atoms with Crippen molar-refractivity contribution in [2.75, 3.05) is 7.11 Å². The fourth-order valence-electron chi connectivity index (χ4n) is 2.03. The minimum atomic E-state index is -0.452. The standard InChI is InChI=1S/C14H22O3S/c1-4-6-7-8-10(5-2)12-9-11(15)13(18-12)14(16)17-3/h9-10,15H,4-8H2,1-3H3. The van der Waals surface area contributed by atoms with Gasteiger partial charge in [0.1, 0.15) is 5.75 Å². The summed E-state index contributed by atoms with van der Waals surface area (Å²) in [5.74, 6) is 0.0359. The molecular formula is C14H22O3S. The molecule has 0 saturated carbocycles. The molecule has 18 heavy (non-hydrogen) atoms. The van der Waals surface area contributed by atoms with E-state index in [4.69, 9.17) is 0 Å². The number of hydrogen-bond donors (Lipinski definition) is 1. The summed E-state index contributed by atoms with van der Waals surface area (Å²) < 4.78 is 4.65. The normalized spacial score (nSPS) is 12.4. The maximum absolute atomic E-state index is 11.4. The zero-order valence-electron chi connectivity index (χ0n) is 11.4. The van der Waals surface area contributed by atoms with Crippen molar-refractivity contribution in [3.8, 4) is 5.75 Å². The molecule has 0 spiro atoms. The second-order valence-corrected chi connectivity index (χ2v) is 5.54. The predicted octanol–water partition coefficient (Wildman–Crippen LogP) is 4.31. The SMILES string of the molecule is CCCCCC(CC)c1cc(O)c(C(=O)OC)s1. The predicted molar refractivity (Wildman–Crippen MR) is 74.5 cm³/mol. The average Bonchev–Trinajstić information content (AvgIpc) is 2.76. The van der Waals surface area contributed by atoms with Gasteiger partial charge in [-0.25, -0.2) is 4.79 Å². The second kappa shape index (κ2) is 7.41. The summed E-state index contributed by atoms with van der Waals surface area (Å²) in [5, 5.41) is 9.76. The van der Waals surface area contributed by atoms with Crippen molar-refractivity contribution < 1.29 is 14.6 Å². The molecule has 0 aromatic carbocycles. The Balaban J connectivity index is 2.77. The van der Waals surface area contributed by atoms with Crippen molar-refractivity contribution in [2.45, 2.75) is 51.9 Å². The van der Waals surface area contributed by atoms with Crippen LogP contribution < -0.4 is 0 Å². The van der Waals surface area contributed by atoms with Crippen LogP contribution in [0.2, 0.25) is 0 Å². The lowest BCUT2D eigenvalue weighted by atomic mass is 9.97. The summed E-state index contributed by atoms with van der Waals surface area (Å²) in [7, 11) is 1.33. The lowest BCUT2D eigenvalue weighted by molar-refractivity contribution is 0.0603. The zero-order valence-corrected chi connectivity index (χ0v) is 12.2. The first-order valence-electron chi connectivity index (χ1n) is 6.55. The van der Waals surface area contributed by atoms with E-state index in [9.17, 15) is 9.90 Å². The van der Waals surface area contributed by atoms with Gasteiger partial charge in [0.15, 0.2) is 4.88 Å². The molecule has 1 aromatic rings. The van der Waals surface area contributed by atoms with Crippen molar-refractivity contribution >= 4 is 17.3 Å². The molecule has 1 atom stereocenters. The van der Waals surface area contributed by atoms with Gasteiger partial charge in [0.25, 0.3) is 0 Å². The van der Waals surface area contributed by atoms with Gasteiger partial charge in [-0.05, 0) is 24.8 Å². The first kappa shape index (κ1) is 15.0. The number of unbranched alkanes of at least 4 members (excludes halogenated alkanes) is 2. The Morgan fingerprint density at radius 3 is 2.72 bits per heavy atom. The van der Waals surface area contributed by atoms with Crippen LogP contribution in [-0.4, -0.2) is 18.2 Å². The van der Waals surface area contributed by atoms with Crippen LogP contribution in [-0.2, 0) is 4.74 Å². The zero-order chi connectivity index (χ0) is 13.5. The van der Waals surface area contributed by atoms with Crippen LogP contribution >= 0.6 is 11.3 Å². The molecule has 0 aliphatic heterocycles. The number of methoxy groups -OCH3 is 1. The van der Waals surface area contributed by atoms with E-state index in [1.807, 2.05) is 0 Å². The Morgan fingerprint density at radius 2 is 2.17 bits per heavy atom. The molecule has 0 amide bonds. The Morgan fingerprint density at radius 1 is 1.44 bits per heavy atom. The van der Waals surface area contributed by atoms with Crippen LogP contribution in [0.3, 0.4) is 0 Å². The van der Waals surface area contributed by atoms with Crippen molar-refractivity contribution in [1.82, 2.24) is 0 Å². The van der Waals surface area contributed by atoms with Gasteiger partial charge in [-0.1, -0.05) is 33.1 Å². The van der Waals surface area contributed by atoms with Crippen LogP contribution in [0.25, 0.3) is 0 Å². The summed E-state index contributed by atoms with van der Waals surface area (Å²) in [6, 6.07) is 1.72. The molecule has 0 radical (unpaired) electrons. The lowest BCUT2D eigenvalue weighted by Gasteiger charge is -2.11. The highest BCUT2D eigenvalue weighted by atomic mass is 32.1. The maximum atomic E-state index is 11.4. The van der Waals surface area contributed by atoms with Crippen LogP contribution in [0.5, 0.6) is 5.75 Å². The molecule has 102 valence electrons. The smallest absolute Gasteiger partial charge is 0.351 e. The van der Waals surface area contributed by atoms with E-state index >= 15 is 0 Å². The van der Waals surface area contributed by atoms with Crippen molar-refractivity contribution in [2.24, 2.45) is 0 Å². The minimum absolute atomic E-state index is 0.0517. The largest absolute Gasteiger partial charge is 0.506 e. The van der Waals surface area contributed by atoms with E-state index in [-0.39, 0.29) is 5.75 Å². The molecule has 0 aliphatic rings. The Bertz CT molecular complexity index is 384. The summed E-state index contributed by atoms with van der Waals surface area (Å²) in [6.45, 7) is 4.33. The van der Waals surface area contributed by atoms with E-state index in [1.54, 1.807) is 6.07 Å². The molecule has 0 bridgehead atoms. The highest BCUT2D eigenvalue weighted by Gasteiger charge is 2.20. The van der Waals surface area contributed by atoms with Gasteiger partial charge in [0.05, 0.1) is 7.11 Å². The van der Waals surface area contributed by atoms with Gasteiger partial charge in [-0.2, -0.15) is 0 Å². The highest BCUT2D eigenvalue weighted by molar-refractivity contribution is 7.14. The van der Waals surface area contributed by atoms with Crippen molar-refractivity contribution in [3.05, 3.63) is 15.8 Å². The molecule has 3 nitrogen and oxygen atoms in total. The van der Waals surface area contributed by atoms with E-state index in [0.717, 1.165) is 17.7 Å². The number of hydrogen-bond acceptors (Lipinski definition) is 4. The van der Waals surface area contributed by atoms with Crippen LogP contribution in [0.15, 0.2) is 6.07 Å². The molecular weight excluding hydrogens is 248 g/mol. The molecule has 0 fully saturated rings. The van der Waals surface area contributed by atoms with Gasteiger partial charge in [-0.15, -0.1) is 11.3 Å². The topological polar surface area (TPSA) is 46.5 Å². The Labute approximate surface area is 113 Å². The Hall–Kier alpha value is -1.03. The molecule has 1 unspecified atom stereocenters. The van der Waals surface area contributed by atoms with Crippen LogP contribution in [0.4, 0.5) is 0 Å². The monoisotopic (exact) mass is 270 g/mol. The second-order valence-electron chi connectivity index (χ2n) is 4.46. The molecule has 0 aliphatic carbocycles. The number of aromatic hydroxyl groups is 1. The van der Waals surface area contributed by atoms with Gasteiger partial charge >= 0.3 is 5.97 Å². The van der Waals surface area contributed by atoms with E-state index in [0.29, 0.717) is 10.8 Å². The summed E-state index contributed by atoms with van der Waals surface area (Å²) >= 11 is 1.36. The molecule has 1 rings (SSSR count). The fourth-order valence-corrected chi connectivity index (χ4v) is 3.22. The molecule has 4 heteroatoms. The fraction of sp³-hybridized carbons (Fsp3) is 0.643. The third-order valence-corrected chi connectivity index (χ3v) is 4.42. The first-order chi connectivity index (χ1) is 8.63. The highest BCUT2D eigenvalue weighted by Crippen LogP contribution is 2.37. The minimum Gasteiger partial charge on any atom is -0.506 e. The van der Waals surface area contributed by atoms with Crippen molar-refractivity contribution in [1.29, 1.82) is 0 Å². The number of carbonyl (C=O) groups excluding carboxylic acids is 1. The number of ether oxygens (including phenoxy) is 1. The molecule has 1 N–H and O–H groups in total. The average molecular weight is 270 g/mol. The van der Waals surface area contributed by atoms with Gasteiger partial charge < -0.3 is 9.84 Å². The Kier molecular flexibility index (Phi) is 6.19. The first-order valence-corrected chi connectivity index (χ1v) is 7.36. The van der Waals surface area contributed by atoms with Crippen LogP contribution in [0, 0.1) is 0 Å². The number of esters is 1. The van der Waals surface area contributed by atoms with E-state index < -0.39 is 5.97 Å². The summed E-state index contributed by atoms with van der Waals surface area (Å²) in [4.78, 5) is 12.9. The van der Waals surface area contributed by atoms with E-state index in [2.05, 4.69) is 18.6 Å². The number of rotatable bonds is 7. The lowest BCUT2D eigenvalue weighted by Crippen LogP contribution is -1.98. The number of thiophene rings is 1. The molecule has 1 heterocycles. The summed E-state index contributed by atoms with van der Waals surface area (Å²) in [5.41, 5.74) is 0. The summed E-state index contributed by atoms with van der Waals surface area (Å²) in [6.07, 6.45) is 5.79. The van der Waals surface area contributed by atoms with E-state index in [1.165, 1.54) is 37.7 Å². The quantitative estimate of drug-likeness (QED) is 0.593. The van der Waals surface area contributed by atoms with Crippen molar-refractivity contribution in [3.63, 3.8) is 0 Å². The van der Waals surface area contributed by atoms with Gasteiger partial charge in [0.2, 0.25) is 0 Å². The van der Waals surface area contributed by atoms with Gasteiger partial charge in [-0.3, -0.25) is 0 Å². The maximum Gasteiger partial charge on any atom is 0.351 e. The molecule has 0 saturated heterocycles. The third kappa shape index (κ3) is 3.73. The van der Waals surface area contributed by atoms with Crippen LogP contribution in [0.1, 0.15) is 66.4 Å².